The molecule has 0 atom stereocenters. The van der Waals surface area contributed by atoms with E-state index in [1.54, 1.807) is 35.7 Å². The van der Waals surface area contributed by atoms with Gasteiger partial charge >= 0.3 is 0 Å². The predicted octanol–water partition coefficient (Wildman–Crippen LogP) is 12.7. The number of nitrogens with zero attached hydrogens (tertiary/aromatic N) is 2. The van der Waals surface area contributed by atoms with Crippen molar-refractivity contribution in [2.75, 3.05) is 0 Å². The SMILES string of the molecule is [2H]C([2H])([2H])c1c[c-]c(-c2cc(C([2H])(C)C)c([Si](C)(C)C)cn2)cc1.[2H]C([2H])(c1ccccc1)c1ccnc(-c2[c-]ccc3c2sc2cc(-c4ccccc4)ccc23)c1.[Ir]. The van der Waals surface area contributed by atoms with Crippen LogP contribution >= 0.6 is 11.3 Å². The molecule has 0 saturated carbocycles. The fourth-order valence-electron chi connectivity index (χ4n) is 6.27. The Hall–Kier alpha value is -4.51. The quantitative estimate of drug-likeness (QED) is 0.118. The normalized spacial score (nSPS) is 13.7. The Balaban J connectivity index is 0.000000208. The zero-order chi connectivity index (χ0) is 41.5. The molecule has 267 valence electrons. The van der Waals surface area contributed by atoms with Crippen LogP contribution in [0.25, 0.3) is 53.8 Å². The Morgan fingerprint density at radius 3 is 2.25 bits per heavy atom. The van der Waals surface area contributed by atoms with Crippen molar-refractivity contribution in [3.05, 3.63) is 174 Å². The molecule has 0 fully saturated rings. The zero-order valence-electron chi connectivity index (χ0n) is 36.4. The van der Waals surface area contributed by atoms with Gasteiger partial charge < -0.3 is 9.97 Å². The van der Waals surface area contributed by atoms with Gasteiger partial charge in [-0.3, -0.25) is 0 Å². The van der Waals surface area contributed by atoms with Crippen molar-refractivity contribution in [1.82, 2.24) is 9.97 Å². The van der Waals surface area contributed by atoms with Crippen molar-refractivity contribution >= 4 is 44.8 Å². The van der Waals surface area contributed by atoms with Gasteiger partial charge in [-0.25, -0.2) is 0 Å². The molecule has 0 aliphatic carbocycles. The molecule has 0 aliphatic rings. The van der Waals surface area contributed by atoms with E-state index in [0.29, 0.717) is 11.1 Å². The Kier molecular flexibility index (Phi) is 9.71. The molecule has 5 heteroatoms. The number of fused-ring (bicyclic) bond motifs is 3. The summed E-state index contributed by atoms with van der Waals surface area (Å²) in [5.74, 6) is -0.716. The number of pyridine rings is 2. The number of hydrogen-bond acceptors (Lipinski definition) is 3. The third-order valence-corrected chi connectivity index (χ3v) is 12.2. The molecule has 3 aromatic heterocycles. The van der Waals surface area contributed by atoms with Crippen LogP contribution in [-0.2, 0) is 26.5 Å². The Morgan fingerprint density at radius 2 is 1.55 bits per heavy atom. The van der Waals surface area contributed by atoms with Gasteiger partial charge in [-0.05, 0) is 73.3 Å². The molecule has 0 saturated heterocycles. The topological polar surface area (TPSA) is 25.8 Å². The van der Waals surface area contributed by atoms with Crippen LogP contribution in [0.15, 0.2) is 140 Å². The average Bonchev–Trinajstić information content (AvgIpc) is 3.59. The number of aromatic nitrogens is 2. The fourth-order valence-corrected chi connectivity index (χ4v) is 9.10. The molecule has 8 aromatic rings. The van der Waals surface area contributed by atoms with E-state index in [0.717, 1.165) is 32.8 Å². The van der Waals surface area contributed by atoms with Crippen molar-refractivity contribution in [2.24, 2.45) is 0 Å². The maximum Gasteiger partial charge on any atom is 0.0799 e. The van der Waals surface area contributed by atoms with E-state index in [2.05, 4.69) is 90.3 Å². The maximum atomic E-state index is 8.75. The summed E-state index contributed by atoms with van der Waals surface area (Å²) in [4.78, 5) is 9.17. The summed E-state index contributed by atoms with van der Waals surface area (Å²) in [5, 5.41) is 3.57. The predicted molar refractivity (Wildman–Crippen MR) is 226 cm³/mol. The minimum absolute atomic E-state index is 0. The summed E-state index contributed by atoms with van der Waals surface area (Å²) in [6, 6.07) is 47.2. The summed E-state index contributed by atoms with van der Waals surface area (Å²) in [6.45, 7) is 8.38. The Labute approximate surface area is 341 Å². The maximum absolute atomic E-state index is 8.75. The van der Waals surface area contributed by atoms with Gasteiger partial charge in [-0.15, -0.1) is 59.2 Å². The molecular weight excluding hydrogens is 857 g/mol. The summed E-state index contributed by atoms with van der Waals surface area (Å²) >= 11 is 1.74. The van der Waals surface area contributed by atoms with Crippen molar-refractivity contribution in [1.29, 1.82) is 0 Å². The molecule has 0 aliphatic heterocycles. The smallest absolute Gasteiger partial charge is 0.0799 e. The number of aryl methyl sites for hydroxylation is 1. The van der Waals surface area contributed by atoms with Crippen LogP contribution in [0.2, 0.25) is 19.6 Å². The van der Waals surface area contributed by atoms with E-state index in [9.17, 15) is 0 Å². The third kappa shape index (κ3) is 8.83. The van der Waals surface area contributed by atoms with Gasteiger partial charge in [-0.1, -0.05) is 136 Å². The first-order chi connectivity index (χ1) is 27.4. The molecule has 2 nitrogen and oxygen atoms in total. The van der Waals surface area contributed by atoms with Crippen LogP contribution in [0.3, 0.4) is 0 Å². The fraction of sp³-hybridized carbons (Fsp3) is 0.167. The summed E-state index contributed by atoms with van der Waals surface area (Å²) in [6.07, 6.45) is 1.97. The van der Waals surface area contributed by atoms with E-state index in [1.165, 1.54) is 37.9 Å². The summed E-state index contributed by atoms with van der Waals surface area (Å²) < 4.78 is 50.6. The second kappa shape index (κ2) is 16.7. The second-order valence-electron chi connectivity index (χ2n) is 14.1. The van der Waals surface area contributed by atoms with Gasteiger partial charge in [0.25, 0.3) is 0 Å². The first-order valence-electron chi connectivity index (χ1n) is 20.4. The minimum atomic E-state index is -2.13. The van der Waals surface area contributed by atoms with Gasteiger partial charge in [-0.2, -0.15) is 11.3 Å². The molecule has 3 heterocycles. The molecule has 0 N–H and O–H groups in total. The molecular formula is C48H44IrN2SSi-2. The van der Waals surface area contributed by atoms with Crippen molar-refractivity contribution < 1.29 is 28.3 Å². The molecule has 0 amide bonds. The molecule has 0 bridgehead atoms. The number of rotatable bonds is 7. The zero-order valence-corrected chi connectivity index (χ0v) is 34.6. The van der Waals surface area contributed by atoms with Gasteiger partial charge in [0.1, 0.15) is 0 Å². The van der Waals surface area contributed by atoms with Crippen LogP contribution in [-0.4, -0.2) is 18.0 Å². The largest absolute Gasteiger partial charge is 0.305 e. The van der Waals surface area contributed by atoms with Gasteiger partial charge in [0.05, 0.1) is 8.07 Å². The summed E-state index contributed by atoms with van der Waals surface area (Å²) in [7, 11) is -1.61. The third-order valence-electron chi connectivity index (χ3n) is 8.96. The van der Waals surface area contributed by atoms with Crippen molar-refractivity contribution in [3.8, 4) is 33.6 Å². The monoisotopic (exact) mass is 907 g/mol. The van der Waals surface area contributed by atoms with Crippen LogP contribution in [0.4, 0.5) is 0 Å². The second-order valence-corrected chi connectivity index (χ2v) is 20.1. The van der Waals surface area contributed by atoms with E-state index in [1.807, 2.05) is 74.6 Å². The van der Waals surface area contributed by atoms with Crippen LogP contribution in [0, 0.1) is 19.0 Å². The molecule has 0 spiro atoms. The number of hydrogen-bond donors (Lipinski definition) is 0. The molecule has 8 rings (SSSR count). The van der Waals surface area contributed by atoms with E-state index in [4.69, 9.17) is 8.22 Å². The number of benzene rings is 5. The van der Waals surface area contributed by atoms with Crippen LogP contribution in [0.1, 0.15) is 50.2 Å². The van der Waals surface area contributed by atoms with E-state index in [-0.39, 0.29) is 25.7 Å². The molecule has 53 heavy (non-hydrogen) atoms. The first kappa shape index (κ1) is 30.9. The van der Waals surface area contributed by atoms with Gasteiger partial charge in [0, 0.05) is 45.4 Å². The van der Waals surface area contributed by atoms with E-state index < -0.39 is 27.2 Å². The van der Waals surface area contributed by atoms with Gasteiger partial charge in [0.2, 0.25) is 0 Å². The Bertz CT molecular complexity index is 2710. The molecule has 1 radical (unpaired) electrons. The average molecular weight is 907 g/mol. The van der Waals surface area contributed by atoms with Crippen molar-refractivity contribution in [2.45, 2.75) is 52.6 Å². The summed E-state index contributed by atoms with van der Waals surface area (Å²) in [5.41, 5.74) is 7.98. The van der Waals surface area contributed by atoms with Crippen LogP contribution in [0.5, 0.6) is 0 Å². The molecule has 5 aromatic carbocycles. The number of thiophene rings is 1. The first-order valence-corrected chi connectivity index (χ1v) is 21.7. The van der Waals surface area contributed by atoms with Gasteiger partial charge in [0.15, 0.2) is 0 Å². The van der Waals surface area contributed by atoms with E-state index >= 15 is 0 Å². The minimum Gasteiger partial charge on any atom is -0.305 e. The standard InChI is InChI=1S/C30H20NS.C18H24NSi.Ir/c1-3-8-21(9-4-1)18-22-16-17-31-28(19-22)27-13-7-12-26-25-15-14-24(20-29(25)32-30(26)27)23-10-5-2-6-11-23;1-13(2)16-11-17(15-9-7-14(3)8-10-15)19-12-18(16)20(4,5)6;/h1-12,14-17,19-20H,18H2;7-9,11-13H,1-6H3;/q2*-1;/i18D2;3D3,13D;. The molecule has 0 unspecified atom stereocenters. The Morgan fingerprint density at radius 1 is 0.774 bits per heavy atom. The van der Waals surface area contributed by atoms with Crippen LogP contribution < -0.4 is 5.19 Å². The van der Waals surface area contributed by atoms with Crippen molar-refractivity contribution in [3.63, 3.8) is 0 Å².